The molecule has 0 fully saturated rings. The average Bonchev–Trinajstić information content (AvgIpc) is 3.10. The number of rotatable bonds is 6. The van der Waals surface area contributed by atoms with Crippen LogP contribution in [-0.2, 0) is 22.4 Å². The molecule has 7 nitrogen and oxygen atoms in total. The molecule has 1 aliphatic heterocycles. The van der Waals surface area contributed by atoms with E-state index in [0.29, 0.717) is 47.5 Å². The Hall–Kier alpha value is -2.52. The summed E-state index contributed by atoms with van der Waals surface area (Å²) in [5, 5.41) is 3.72. The summed E-state index contributed by atoms with van der Waals surface area (Å²) in [5.41, 5.74) is 1.70. The van der Waals surface area contributed by atoms with Gasteiger partial charge in [0.15, 0.2) is 0 Å². The highest BCUT2D eigenvalue weighted by Gasteiger charge is 2.31. The number of carbonyl (C=O) groups excluding carboxylic acids is 3. The fraction of sp³-hybridized carbons (Fsp3) is 0.409. The van der Waals surface area contributed by atoms with E-state index in [4.69, 9.17) is 9.47 Å². The molecule has 1 aliphatic rings. The molecule has 0 unspecified atom stereocenters. The van der Waals surface area contributed by atoms with E-state index in [1.54, 1.807) is 29.7 Å². The average molecular weight is 463 g/mol. The lowest BCUT2D eigenvalue weighted by molar-refractivity contribution is 0.0600. The van der Waals surface area contributed by atoms with Crippen LogP contribution in [0.25, 0.3) is 0 Å². The maximum Gasteiger partial charge on any atom is 0.410 e. The molecule has 9 heteroatoms. The van der Waals surface area contributed by atoms with Gasteiger partial charge in [-0.1, -0.05) is 19.9 Å². The van der Waals surface area contributed by atoms with Crippen molar-refractivity contribution in [1.82, 2.24) is 4.90 Å². The first-order chi connectivity index (χ1) is 14.8. The van der Waals surface area contributed by atoms with Gasteiger partial charge >= 0.3 is 12.1 Å². The van der Waals surface area contributed by atoms with Gasteiger partial charge in [0, 0.05) is 27.1 Å². The van der Waals surface area contributed by atoms with Crippen LogP contribution in [-0.4, -0.2) is 48.4 Å². The third kappa shape index (κ3) is 5.40. The highest BCUT2D eigenvalue weighted by molar-refractivity contribution is 7.99. The van der Waals surface area contributed by atoms with E-state index in [-0.39, 0.29) is 12.0 Å². The van der Waals surface area contributed by atoms with Gasteiger partial charge in [-0.3, -0.25) is 4.79 Å². The lowest BCUT2D eigenvalue weighted by atomic mass is 10.0. The SMILES string of the molecule is CCOC(=O)N1CCc2c(sc(NC(=O)c3cccc(SC(C)C)c3)c2C(=O)OC)C1. The minimum atomic E-state index is -0.499. The molecule has 2 heterocycles. The van der Waals surface area contributed by atoms with Crippen LogP contribution >= 0.6 is 23.1 Å². The molecule has 0 radical (unpaired) electrons. The van der Waals surface area contributed by atoms with E-state index in [2.05, 4.69) is 19.2 Å². The molecule has 31 heavy (non-hydrogen) atoms. The first-order valence-corrected chi connectivity index (χ1v) is 11.8. The number of amides is 2. The molecule has 0 bridgehead atoms. The van der Waals surface area contributed by atoms with Gasteiger partial charge in [-0.05, 0) is 37.1 Å². The Morgan fingerprint density at radius 1 is 1.29 bits per heavy atom. The Labute approximate surface area is 190 Å². The van der Waals surface area contributed by atoms with E-state index in [1.165, 1.54) is 18.4 Å². The summed E-state index contributed by atoms with van der Waals surface area (Å²) < 4.78 is 10.1. The zero-order chi connectivity index (χ0) is 22.5. The Bertz CT molecular complexity index is 986. The topological polar surface area (TPSA) is 84.9 Å². The molecule has 0 saturated heterocycles. The molecule has 1 aromatic heterocycles. The van der Waals surface area contributed by atoms with E-state index in [0.717, 1.165) is 15.3 Å². The molecule has 1 N–H and O–H groups in total. The van der Waals surface area contributed by atoms with E-state index in [9.17, 15) is 14.4 Å². The maximum atomic E-state index is 12.9. The third-order valence-electron chi connectivity index (χ3n) is 4.67. The number of ether oxygens (including phenoxy) is 2. The van der Waals surface area contributed by atoms with Gasteiger partial charge in [0.2, 0.25) is 0 Å². The van der Waals surface area contributed by atoms with Crippen molar-refractivity contribution in [3.63, 3.8) is 0 Å². The fourth-order valence-corrected chi connectivity index (χ4v) is 5.48. The first kappa shape index (κ1) is 23.1. The van der Waals surface area contributed by atoms with Crippen molar-refractivity contribution in [2.24, 2.45) is 0 Å². The molecule has 0 spiro atoms. The van der Waals surface area contributed by atoms with E-state index in [1.807, 2.05) is 18.2 Å². The van der Waals surface area contributed by atoms with Gasteiger partial charge in [-0.15, -0.1) is 23.1 Å². The van der Waals surface area contributed by atoms with Gasteiger partial charge in [0.05, 0.1) is 25.8 Å². The number of hydrogen-bond donors (Lipinski definition) is 1. The van der Waals surface area contributed by atoms with Gasteiger partial charge in [-0.25, -0.2) is 9.59 Å². The highest BCUT2D eigenvalue weighted by atomic mass is 32.2. The smallest absolute Gasteiger partial charge is 0.410 e. The number of nitrogens with one attached hydrogen (secondary N) is 1. The second kappa shape index (κ2) is 10.2. The summed E-state index contributed by atoms with van der Waals surface area (Å²) in [5.74, 6) is -0.793. The largest absolute Gasteiger partial charge is 0.465 e. The summed E-state index contributed by atoms with van der Waals surface area (Å²) >= 11 is 2.97. The van der Waals surface area contributed by atoms with Gasteiger partial charge < -0.3 is 19.7 Å². The Balaban J connectivity index is 1.87. The maximum absolute atomic E-state index is 12.9. The molecular weight excluding hydrogens is 436 g/mol. The van der Waals surface area contributed by atoms with Crippen molar-refractivity contribution in [2.45, 2.75) is 43.9 Å². The lowest BCUT2D eigenvalue weighted by Crippen LogP contribution is -2.36. The number of esters is 1. The molecule has 0 atom stereocenters. The van der Waals surface area contributed by atoms with E-state index >= 15 is 0 Å². The van der Waals surface area contributed by atoms with Crippen LogP contribution in [0.15, 0.2) is 29.2 Å². The second-order valence-corrected chi connectivity index (χ2v) is 9.97. The van der Waals surface area contributed by atoms with Crippen molar-refractivity contribution in [3.8, 4) is 0 Å². The molecule has 3 rings (SSSR count). The number of anilines is 1. The number of thiophene rings is 1. The monoisotopic (exact) mass is 462 g/mol. The minimum Gasteiger partial charge on any atom is -0.465 e. The van der Waals surface area contributed by atoms with Crippen molar-refractivity contribution in [2.75, 3.05) is 25.6 Å². The predicted octanol–water partition coefficient (Wildman–Crippen LogP) is 4.80. The Kier molecular flexibility index (Phi) is 7.61. The zero-order valence-corrected chi connectivity index (χ0v) is 19.7. The molecular formula is C22H26N2O5S2. The molecule has 2 amide bonds. The highest BCUT2D eigenvalue weighted by Crippen LogP contribution is 2.38. The van der Waals surface area contributed by atoms with Crippen molar-refractivity contribution < 1.29 is 23.9 Å². The molecule has 0 saturated carbocycles. The number of methoxy groups -OCH3 is 1. The van der Waals surface area contributed by atoms with Crippen LogP contribution in [0.3, 0.4) is 0 Å². The van der Waals surface area contributed by atoms with Crippen molar-refractivity contribution in [1.29, 1.82) is 0 Å². The van der Waals surface area contributed by atoms with Gasteiger partial charge in [0.1, 0.15) is 5.00 Å². The molecule has 2 aromatic rings. The van der Waals surface area contributed by atoms with Crippen LogP contribution in [0.5, 0.6) is 0 Å². The van der Waals surface area contributed by atoms with Gasteiger partial charge in [0.25, 0.3) is 5.91 Å². The number of hydrogen-bond acceptors (Lipinski definition) is 7. The number of nitrogens with zero attached hydrogens (tertiary/aromatic N) is 1. The van der Waals surface area contributed by atoms with E-state index < -0.39 is 5.97 Å². The number of carbonyl (C=O) groups is 3. The van der Waals surface area contributed by atoms with Crippen LogP contribution in [0, 0.1) is 0 Å². The number of fused-ring (bicyclic) bond motifs is 1. The second-order valence-electron chi connectivity index (χ2n) is 7.22. The Morgan fingerprint density at radius 2 is 2.06 bits per heavy atom. The lowest BCUT2D eigenvalue weighted by Gasteiger charge is -2.26. The molecule has 166 valence electrons. The predicted molar refractivity (Wildman–Crippen MR) is 122 cm³/mol. The summed E-state index contributed by atoms with van der Waals surface area (Å²) in [7, 11) is 1.32. The minimum absolute atomic E-state index is 0.294. The fourth-order valence-electron chi connectivity index (χ4n) is 3.34. The number of thioether (sulfide) groups is 1. The van der Waals surface area contributed by atoms with Crippen LogP contribution < -0.4 is 5.32 Å². The summed E-state index contributed by atoms with van der Waals surface area (Å²) in [6.45, 7) is 7.02. The quantitative estimate of drug-likeness (QED) is 0.490. The molecule has 1 aromatic carbocycles. The Morgan fingerprint density at radius 3 is 2.74 bits per heavy atom. The normalized spacial score (nSPS) is 13.0. The third-order valence-corrected chi connectivity index (χ3v) is 6.80. The van der Waals surface area contributed by atoms with Crippen LogP contribution in [0.4, 0.5) is 9.80 Å². The summed E-state index contributed by atoms with van der Waals surface area (Å²) in [4.78, 5) is 41.0. The summed E-state index contributed by atoms with van der Waals surface area (Å²) in [6.07, 6.45) is 0.108. The van der Waals surface area contributed by atoms with Crippen LogP contribution in [0.2, 0.25) is 0 Å². The number of benzene rings is 1. The first-order valence-electron chi connectivity index (χ1n) is 10.1. The summed E-state index contributed by atoms with van der Waals surface area (Å²) in [6, 6.07) is 7.40. The molecule has 0 aliphatic carbocycles. The standard InChI is InChI=1S/C22H26N2O5S2/c1-5-29-22(27)24-10-9-16-17(12-24)31-20(18(16)21(26)28-4)23-19(25)14-7-6-8-15(11-14)30-13(2)3/h6-8,11,13H,5,9-10,12H2,1-4H3,(H,23,25). The van der Waals surface area contributed by atoms with Gasteiger partial charge in [-0.2, -0.15) is 0 Å². The van der Waals surface area contributed by atoms with Crippen molar-refractivity contribution in [3.05, 3.63) is 45.8 Å². The zero-order valence-electron chi connectivity index (χ0n) is 18.0. The van der Waals surface area contributed by atoms with Crippen LogP contribution in [0.1, 0.15) is 51.9 Å². The van der Waals surface area contributed by atoms with Crippen molar-refractivity contribution >= 4 is 46.1 Å².